The van der Waals surface area contributed by atoms with Crippen LogP contribution in [-0.4, -0.2) is 60.8 Å². The second-order valence-electron chi connectivity index (χ2n) is 8.44. The van der Waals surface area contributed by atoms with Crippen LogP contribution >= 0.6 is 0 Å². The van der Waals surface area contributed by atoms with E-state index in [1.807, 2.05) is 12.1 Å². The van der Waals surface area contributed by atoms with Crippen molar-refractivity contribution in [1.29, 1.82) is 0 Å². The van der Waals surface area contributed by atoms with Gasteiger partial charge in [0.25, 0.3) is 0 Å². The first-order chi connectivity index (χ1) is 14.3. The third kappa shape index (κ3) is 4.70. The molecule has 8 heteroatoms. The molecule has 1 aromatic rings. The van der Waals surface area contributed by atoms with Crippen molar-refractivity contribution >= 4 is 21.9 Å². The van der Waals surface area contributed by atoms with Crippen LogP contribution in [0.1, 0.15) is 57.4 Å². The van der Waals surface area contributed by atoms with Gasteiger partial charge in [-0.1, -0.05) is 38.8 Å². The number of amides is 1. The third-order valence-corrected chi connectivity index (χ3v) is 8.56. The minimum absolute atomic E-state index is 0.142. The summed E-state index contributed by atoms with van der Waals surface area (Å²) in [5, 5.41) is 9.44. The van der Waals surface area contributed by atoms with Crippen molar-refractivity contribution in [2.45, 2.75) is 56.8 Å². The summed E-state index contributed by atoms with van der Waals surface area (Å²) in [6.45, 7) is 5.26. The molecule has 0 aromatic heterocycles. The molecular weight excluding hydrogens is 404 g/mol. The van der Waals surface area contributed by atoms with Gasteiger partial charge in [-0.3, -0.25) is 9.59 Å². The van der Waals surface area contributed by atoms with Gasteiger partial charge in [-0.05, 0) is 42.9 Å². The molecular formula is C22H32N2O5S. The molecule has 0 radical (unpaired) electrons. The second kappa shape index (κ2) is 9.47. The van der Waals surface area contributed by atoms with E-state index in [-0.39, 0.29) is 23.9 Å². The SMILES string of the molecule is CC[C@@H](C)c1ccc(S(=O)(=O)N2CCN(C(=O)[C@H]3CCCC[C@@H]3C(=O)O)CC2)cc1. The summed E-state index contributed by atoms with van der Waals surface area (Å²) in [4.78, 5) is 26.4. The monoisotopic (exact) mass is 436 g/mol. The molecule has 7 nitrogen and oxygen atoms in total. The number of nitrogens with zero attached hydrogens (tertiary/aromatic N) is 2. The van der Waals surface area contributed by atoms with Crippen molar-refractivity contribution in [1.82, 2.24) is 9.21 Å². The molecule has 3 rings (SSSR count). The molecule has 2 aliphatic rings. The van der Waals surface area contributed by atoms with Crippen LogP contribution in [0.15, 0.2) is 29.2 Å². The van der Waals surface area contributed by atoms with Gasteiger partial charge in [0, 0.05) is 26.2 Å². The van der Waals surface area contributed by atoms with Gasteiger partial charge in [-0.15, -0.1) is 0 Å². The molecule has 1 aliphatic carbocycles. The smallest absolute Gasteiger partial charge is 0.307 e. The van der Waals surface area contributed by atoms with Crippen molar-refractivity contribution in [3.8, 4) is 0 Å². The van der Waals surface area contributed by atoms with Crippen LogP contribution in [0.5, 0.6) is 0 Å². The van der Waals surface area contributed by atoms with Crippen LogP contribution in [0, 0.1) is 11.8 Å². The van der Waals surface area contributed by atoms with Gasteiger partial charge in [0.05, 0.1) is 16.7 Å². The zero-order valence-corrected chi connectivity index (χ0v) is 18.6. The van der Waals surface area contributed by atoms with Gasteiger partial charge in [-0.2, -0.15) is 4.31 Å². The summed E-state index contributed by atoms with van der Waals surface area (Å²) in [5.41, 5.74) is 1.12. The number of carboxylic acids is 1. The molecule has 1 saturated heterocycles. The van der Waals surface area contributed by atoms with Gasteiger partial charge in [0.15, 0.2) is 0 Å². The first-order valence-electron chi connectivity index (χ1n) is 10.9. The first-order valence-corrected chi connectivity index (χ1v) is 12.3. The van der Waals surface area contributed by atoms with Crippen molar-refractivity contribution in [3.63, 3.8) is 0 Å². The number of carbonyl (C=O) groups is 2. The normalized spacial score (nSPS) is 24.4. The summed E-state index contributed by atoms with van der Waals surface area (Å²) in [5.74, 6) is -1.79. The van der Waals surface area contributed by atoms with E-state index >= 15 is 0 Å². The van der Waals surface area contributed by atoms with Crippen molar-refractivity contribution in [2.75, 3.05) is 26.2 Å². The zero-order valence-electron chi connectivity index (χ0n) is 17.8. The number of sulfonamides is 1. The Hall–Kier alpha value is -1.93. The third-order valence-electron chi connectivity index (χ3n) is 6.65. The Morgan fingerprint density at radius 2 is 1.60 bits per heavy atom. The molecule has 1 aliphatic heterocycles. The number of carbonyl (C=O) groups excluding carboxylic acids is 1. The lowest BCUT2D eigenvalue weighted by Crippen LogP contribution is -2.53. The standard InChI is InChI=1S/C22H32N2O5S/c1-3-16(2)17-8-10-18(11-9-17)30(28,29)24-14-12-23(13-15-24)21(25)19-6-4-5-7-20(19)22(26)27/h8-11,16,19-20H,3-7,12-15H2,1-2H3,(H,26,27)/t16-,19+,20+/m1/s1. The molecule has 166 valence electrons. The zero-order chi connectivity index (χ0) is 21.9. The molecule has 1 saturated carbocycles. The average molecular weight is 437 g/mol. The predicted molar refractivity (Wildman–Crippen MR) is 114 cm³/mol. The van der Waals surface area contributed by atoms with Crippen LogP contribution < -0.4 is 0 Å². The van der Waals surface area contributed by atoms with Crippen LogP contribution in [-0.2, 0) is 19.6 Å². The van der Waals surface area contributed by atoms with Gasteiger partial charge in [0.1, 0.15) is 0 Å². The lowest BCUT2D eigenvalue weighted by Gasteiger charge is -2.38. The number of piperazine rings is 1. The summed E-state index contributed by atoms with van der Waals surface area (Å²) < 4.78 is 27.4. The Kier molecular flexibility index (Phi) is 7.18. The van der Waals surface area contributed by atoms with Crippen LogP contribution in [0.3, 0.4) is 0 Å². The maximum Gasteiger partial charge on any atom is 0.307 e. The Bertz CT molecular complexity index is 860. The van der Waals surface area contributed by atoms with E-state index in [2.05, 4.69) is 13.8 Å². The summed E-state index contributed by atoms with van der Waals surface area (Å²) in [6.07, 6.45) is 3.82. The molecule has 1 N–H and O–H groups in total. The molecule has 1 aromatic carbocycles. The van der Waals surface area contributed by atoms with Gasteiger partial charge in [0.2, 0.25) is 15.9 Å². The maximum atomic E-state index is 13.0. The van der Waals surface area contributed by atoms with E-state index in [9.17, 15) is 23.1 Å². The fourth-order valence-electron chi connectivity index (χ4n) is 4.46. The second-order valence-corrected chi connectivity index (χ2v) is 10.4. The molecule has 1 heterocycles. The lowest BCUT2D eigenvalue weighted by molar-refractivity contribution is -0.152. The molecule has 1 amide bonds. The topological polar surface area (TPSA) is 95.0 Å². The van der Waals surface area contributed by atoms with E-state index in [0.29, 0.717) is 31.8 Å². The van der Waals surface area contributed by atoms with E-state index in [0.717, 1.165) is 24.8 Å². The lowest BCUT2D eigenvalue weighted by atomic mass is 9.78. The number of aliphatic carboxylic acids is 1. The Balaban J connectivity index is 1.64. The minimum Gasteiger partial charge on any atom is -0.481 e. The minimum atomic E-state index is -3.61. The highest BCUT2D eigenvalue weighted by molar-refractivity contribution is 7.89. The highest BCUT2D eigenvalue weighted by Gasteiger charge is 2.39. The molecule has 30 heavy (non-hydrogen) atoms. The Morgan fingerprint density at radius 1 is 1.03 bits per heavy atom. The highest BCUT2D eigenvalue weighted by Crippen LogP contribution is 2.32. The first kappa shape index (κ1) is 22.7. The quantitative estimate of drug-likeness (QED) is 0.740. The Labute approximate surface area is 179 Å². The van der Waals surface area contributed by atoms with Crippen molar-refractivity contribution in [2.24, 2.45) is 11.8 Å². The molecule has 0 unspecified atom stereocenters. The molecule has 2 fully saturated rings. The number of hydrogen-bond acceptors (Lipinski definition) is 4. The predicted octanol–water partition coefficient (Wildman–Crippen LogP) is 2.92. The fourth-order valence-corrected chi connectivity index (χ4v) is 5.88. The summed E-state index contributed by atoms with van der Waals surface area (Å²) >= 11 is 0. The highest BCUT2D eigenvalue weighted by atomic mass is 32.2. The van der Waals surface area contributed by atoms with Gasteiger partial charge in [-0.25, -0.2) is 8.42 Å². The number of hydrogen-bond donors (Lipinski definition) is 1. The Morgan fingerprint density at radius 3 is 2.13 bits per heavy atom. The summed E-state index contributed by atoms with van der Waals surface area (Å²) in [7, 11) is -3.61. The molecule has 3 atom stereocenters. The van der Waals surface area contributed by atoms with Gasteiger partial charge < -0.3 is 10.0 Å². The van der Waals surface area contributed by atoms with Crippen LogP contribution in [0.4, 0.5) is 0 Å². The number of rotatable bonds is 6. The number of benzene rings is 1. The van der Waals surface area contributed by atoms with Crippen molar-refractivity contribution < 1.29 is 23.1 Å². The fraction of sp³-hybridized carbons (Fsp3) is 0.636. The average Bonchev–Trinajstić information content (AvgIpc) is 2.78. The van der Waals surface area contributed by atoms with E-state index in [1.165, 1.54) is 4.31 Å². The van der Waals surface area contributed by atoms with E-state index in [4.69, 9.17) is 0 Å². The summed E-state index contributed by atoms with van der Waals surface area (Å²) in [6, 6.07) is 7.06. The number of carboxylic acid groups (broad SMARTS) is 1. The van der Waals surface area contributed by atoms with Crippen LogP contribution in [0.25, 0.3) is 0 Å². The molecule has 0 bridgehead atoms. The van der Waals surface area contributed by atoms with Crippen LogP contribution in [0.2, 0.25) is 0 Å². The van der Waals surface area contributed by atoms with Crippen molar-refractivity contribution in [3.05, 3.63) is 29.8 Å². The molecule has 0 spiro atoms. The van der Waals surface area contributed by atoms with Gasteiger partial charge >= 0.3 is 5.97 Å². The maximum absolute atomic E-state index is 13.0. The van der Waals surface area contributed by atoms with E-state index in [1.54, 1.807) is 17.0 Å². The van der Waals surface area contributed by atoms with E-state index < -0.39 is 27.8 Å². The largest absolute Gasteiger partial charge is 0.481 e.